The summed E-state index contributed by atoms with van der Waals surface area (Å²) >= 11 is 0. The second-order valence-electron chi connectivity index (χ2n) is 5.98. The van der Waals surface area contributed by atoms with Gasteiger partial charge < -0.3 is 23.0 Å². The third kappa shape index (κ3) is 5.03. The topological polar surface area (TPSA) is 38.3 Å². The standard InChI is InChI=1S/C10H18BF3NO2.K/c1-9(2,3)17-8(16)15-7-5-10(4,6-7)11(12,13)14;/h7H,5-6H2,1-4H3,(H,15,16);/q-1;+1. The van der Waals surface area contributed by atoms with Crippen LogP contribution in [0.4, 0.5) is 17.7 Å². The molecule has 0 aromatic heterocycles. The third-order valence-electron chi connectivity index (χ3n) is 2.94. The first-order valence-corrected chi connectivity index (χ1v) is 5.62. The molecular weight excluding hydrogens is 273 g/mol. The van der Waals surface area contributed by atoms with E-state index < -0.39 is 30.0 Å². The van der Waals surface area contributed by atoms with Crippen LogP contribution < -0.4 is 56.7 Å². The molecular formula is C10H18BF3KNO2. The number of halogens is 3. The van der Waals surface area contributed by atoms with Gasteiger partial charge in [-0.3, -0.25) is 0 Å². The van der Waals surface area contributed by atoms with E-state index in [-0.39, 0.29) is 64.2 Å². The van der Waals surface area contributed by atoms with Crippen molar-refractivity contribution in [3.8, 4) is 0 Å². The van der Waals surface area contributed by atoms with Crippen LogP contribution in [0.5, 0.6) is 0 Å². The predicted octanol–water partition coefficient (Wildman–Crippen LogP) is 0.285. The number of ether oxygens (including phenoxy) is 1. The first-order valence-electron chi connectivity index (χ1n) is 5.62. The molecule has 1 amide bonds. The van der Waals surface area contributed by atoms with E-state index in [1.807, 2.05) is 0 Å². The maximum absolute atomic E-state index is 12.6. The molecule has 1 aliphatic carbocycles. The van der Waals surface area contributed by atoms with E-state index in [2.05, 4.69) is 5.32 Å². The Hall–Kier alpha value is 0.761. The van der Waals surface area contributed by atoms with E-state index in [4.69, 9.17) is 4.74 Å². The van der Waals surface area contributed by atoms with E-state index in [9.17, 15) is 17.7 Å². The molecule has 0 atom stereocenters. The number of hydrogen-bond acceptors (Lipinski definition) is 2. The average Bonchev–Trinajstić information content (AvgIpc) is 1.94. The zero-order valence-corrected chi connectivity index (χ0v) is 14.6. The molecule has 1 N–H and O–H groups in total. The first kappa shape index (κ1) is 18.8. The van der Waals surface area contributed by atoms with E-state index in [1.165, 1.54) is 6.92 Å². The van der Waals surface area contributed by atoms with Crippen LogP contribution in [0, 0.1) is 0 Å². The summed E-state index contributed by atoms with van der Waals surface area (Å²) in [6.45, 7) is 1.46. The van der Waals surface area contributed by atoms with Crippen molar-refractivity contribution in [2.45, 2.75) is 57.5 Å². The predicted molar refractivity (Wildman–Crippen MR) is 59.8 cm³/mol. The number of hydrogen-bond donors (Lipinski definition) is 1. The Labute approximate surface area is 148 Å². The van der Waals surface area contributed by atoms with Crippen LogP contribution in [0.1, 0.15) is 40.5 Å². The molecule has 1 fully saturated rings. The SMILES string of the molecule is CC(C)(C)OC(=O)NC1CC(C)([B-](F)(F)F)C1.[K+]. The minimum atomic E-state index is -4.85. The van der Waals surface area contributed by atoms with Gasteiger partial charge in [0.15, 0.2) is 0 Å². The first-order chi connectivity index (χ1) is 7.43. The van der Waals surface area contributed by atoms with Gasteiger partial charge in [-0.05, 0) is 20.8 Å². The fourth-order valence-corrected chi connectivity index (χ4v) is 1.91. The molecule has 8 heteroatoms. The van der Waals surface area contributed by atoms with Crippen LogP contribution in [0.3, 0.4) is 0 Å². The van der Waals surface area contributed by atoms with Gasteiger partial charge in [0, 0.05) is 6.04 Å². The zero-order valence-electron chi connectivity index (χ0n) is 11.5. The summed E-state index contributed by atoms with van der Waals surface area (Å²) < 4.78 is 42.7. The van der Waals surface area contributed by atoms with Gasteiger partial charge in [-0.2, -0.15) is 0 Å². The summed E-state index contributed by atoms with van der Waals surface area (Å²) in [4.78, 5) is 11.3. The summed E-state index contributed by atoms with van der Waals surface area (Å²) in [7, 11) is 0. The molecule has 0 saturated heterocycles. The molecule has 18 heavy (non-hydrogen) atoms. The Morgan fingerprint density at radius 1 is 1.33 bits per heavy atom. The molecule has 1 rings (SSSR count). The summed E-state index contributed by atoms with van der Waals surface area (Å²) in [5.41, 5.74) is -0.634. The molecule has 0 heterocycles. The van der Waals surface area contributed by atoms with Crippen LogP contribution in [0.25, 0.3) is 0 Å². The van der Waals surface area contributed by atoms with Crippen LogP contribution in [0.2, 0.25) is 5.31 Å². The van der Waals surface area contributed by atoms with Gasteiger partial charge in [0.1, 0.15) is 5.60 Å². The Morgan fingerprint density at radius 3 is 2.11 bits per heavy atom. The van der Waals surface area contributed by atoms with Gasteiger partial charge in [-0.15, -0.1) is 0 Å². The molecule has 0 radical (unpaired) electrons. The number of nitrogens with one attached hydrogen (secondary N) is 1. The van der Waals surface area contributed by atoms with Crippen LogP contribution in [0.15, 0.2) is 0 Å². The molecule has 0 aromatic rings. The van der Waals surface area contributed by atoms with Crippen LogP contribution >= 0.6 is 0 Å². The molecule has 100 valence electrons. The zero-order chi connectivity index (χ0) is 13.5. The molecule has 0 bridgehead atoms. The van der Waals surface area contributed by atoms with Gasteiger partial charge >= 0.3 is 64.5 Å². The normalized spacial score (nSPS) is 27.8. The summed E-state index contributed by atoms with van der Waals surface area (Å²) in [6.07, 6.45) is -0.773. The minimum Gasteiger partial charge on any atom is -0.449 e. The van der Waals surface area contributed by atoms with E-state index in [0.717, 1.165) is 0 Å². The monoisotopic (exact) mass is 291 g/mol. The maximum Gasteiger partial charge on any atom is 1.00 e. The van der Waals surface area contributed by atoms with Crippen LogP contribution in [-0.4, -0.2) is 24.7 Å². The van der Waals surface area contributed by atoms with E-state index in [1.54, 1.807) is 20.8 Å². The molecule has 0 aromatic carbocycles. The van der Waals surface area contributed by atoms with E-state index in [0.29, 0.717) is 0 Å². The molecule has 0 aliphatic heterocycles. The van der Waals surface area contributed by atoms with Crippen molar-refractivity contribution in [3.63, 3.8) is 0 Å². The van der Waals surface area contributed by atoms with Crippen molar-refractivity contribution in [2.24, 2.45) is 0 Å². The summed E-state index contributed by atoms with van der Waals surface area (Å²) in [5.74, 6) is 0. The van der Waals surface area contributed by atoms with E-state index >= 15 is 0 Å². The van der Waals surface area contributed by atoms with Gasteiger partial charge in [-0.25, -0.2) is 4.79 Å². The molecule has 0 unspecified atom stereocenters. The number of alkyl carbamates (subject to hydrolysis) is 1. The molecule has 3 nitrogen and oxygen atoms in total. The number of carbonyl (C=O) groups is 1. The van der Waals surface area contributed by atoms with Crippen molar-refractivity contribution in [3.05, 3.63) is 0 Å². The Kier molecular flexibility index (Phi) is 6.29. The number of amides is 1. The van der Waals surface area contributed by atoms with Gasteiger partial charge in [-0.1, -0.05) is 25.1 Å². The Morgan fingerprint density at radius 2 is 1.78 bits per heavy atom. The van der Waals surface area contributed by atoms with Crippen molar-refractivity contribution in [1.82, 2.24) is 5.32 Å². The largest absolute Gasteiger partial charge is 1.00 e. The molecule has 1 saturated carbocycles. The van der Waals surface area contributed by atoms with Crippen molar-refractivity contribution >= 4 is 13.1 Å². The molecule has 1 aliphatic rings. The smallest absolute Gasteiger partial charge is 0.449 e. The quantitative estimate of drug-likeness (QED) is 0.743. The van der Waals surface area contributed by atoms with Gasteiger partial charge in [0.05, 0.1) is 0 Å². The van der Waals surface area contributed by atoms with Gasteiger partial charge in [0.2, 0.25) is 0 Å². The minimum absolute atomic E-state index is 0. The summed E-state index contributed by atoms with van der Waals surface area (Å²) in [5, 5.41) is 0.838. The van der Waals surface area contributed by atoms with Crippen molar-refractivity contribution in [1.29, 1.82) is 0 Å². The third-order valence-corrected chi connectivity index (χ3v) is 2.94. The van der Waals surface area contributed by atoms with Crippen molar-refractivity contribution in [2.75, 3.05) is 0 Å². The van der Waals surface area contributed by atoms with Crippen LogP contribution in [-0.2, 0) is 4.74 Å². The Bertz CT molecular complexity index is 311. The number of carbonyl (C=O) groups excluding carboxylic acids is 1. The average molecular weight is 291 g/mol. The summed E-state index contributed by atoms with van der Waals surface area (Å²) in [6, 6.07) is -0.432. The fourth-order valence-electron chi connectivity index (χ4n) is 1.91. The number of rotatable bonds is 2. The van der Waals surface area contributed by atoms with Crippen molar-refractivity contribution < 1.29 is 73.9 Å². The Balaban J connectivity index is 0.00000289. The maximum atomic E-state index is 12.6. The second-order valence-corrected chi connectivity index (χ2v) is 5.98. The van der Waals surface area contributed by atoms with Gasteiger partial charge in [0.25, 0.3) is 0 Å². The second kappa shape index (κ2) is 6.03. The molecule has 0 spiro atoms. The fraction of sp³-hybridized carbons (Fsp3) is 0.900.